The highest BCUT2D eigenvalue weighted by Crippen LogP contribution is 2.21. The van der Waals surface area contributed by atoms with Gasteiger partial charge in [-0.2, -0.15) is 15.0 Å². The Bertz CT molecular complexity index is 897. The second-order valence-electron chi connectivity index (χ2n) is 5.52. The molecule has 0 spiro atoms. The van der Waals surface area contributed by atoms with E-state index in [0.29, 0.717) is 16.8 Å². The highest BCUT2D eigenvalue weighted by atomic mass is 32.1. The van der Waals surface area contributed by atoms with Crippen molar-refractivity contribution >= 4 is 23.2 Å². The van der Waals surface area contributed by atoms with Gasteiger partial charge in [0.25, 0.3) is 5.91 Å². The lowest BCUT2D eigenvalue weighted by atomic mass is 10.2. The summed E-state index contributed by atoms with van der Waals surface area (Å²) >= 11 is 1.29. The number of methoxy groups -OCH3 is 1. The van der Waals surface area contributed by atoms with Crippen molar-refractivity contribution in [3.63, 3.8) is 0 Å². The topological polar surface area (TPSA) is 93.1 Å². The van der Waals surface area contributed by atoms with Crippen LogP contribution in [0.1, 0.15) is 15.6 Å². The summed E-state index contributed by atoms with van der Waals surface area (Å²) in [5.74, 6) is 0.596. The van der Waals surface area contributed by atoms with Crippen molar-refractivity contribution in [1.82, 2.24) is 25.3 Å². The first-order valence-corrected chi connectivity index (χ1v) is 8.70. The molecule has 2 aromatic heterocycles. The minimum atomic E-state index is -0.275. The first-order valence-electron chi connectivity index (χ1n) is 7.82. The van der Waals surface area contributed by atoms with Gasteiger partial charge in [0.15, 0.2) is 10.8 Å². The summed E-state index contributed by atoms with van der Waals surface area (Å²) in [6.45, 7) is 0.152. The SMILES string of the molecule is COc1nc(CNC(=O)c2nc(-c3ccccc3)cs2)nc(N(C)C)n1. The van der Waals surface area contributed by atoms with Crippen LogP contribution in [0.15, 0.2) is 35.7 Å². The van der Waals surface area contributed by atoms with Gasteiger partial charge < -0.3 is 15.0 Å². The average Bonchev–Trinajstić information content (AvgIpc) is 3.16. The molecule has 0 aliphatic heterocycles. The van der Waals surface area contributed by atoms with Crippen LogP contribution in [0.4, 0.5) is 5.95 Å². The number of thiazole rings is 1. The lowest BCUT2D eigenvalue weighted by molar-refractivity contribution is 0.0949. The van der Waals surface area contributed by atoms with Crippen LogP contribution in [-0.2, 0) is 6.54 Å². The van der Waals surface area contributed by atoms with E-state index >= 15 is 0 Å². The molecule has 0 aliphatic carbocycles. The van der Waals surface area contributed by atoms with Gasteiger partial charge in [-0.05, 0) is 0 Å². The highest BCUT2D eigenvalue weighted by Gasteiger charge is 2.14. The number of benzene rings is 1. The Kier molecular flexibility index (Phi) is 5.37. The second kappa shape index (κ2) is 7.87. The molecular formula is C17H18N6O2S. The fourth-order valence-electron chi connectivity index (χ4n) is 2.11. The molecular weight excluding hydrogens is 352 g/mol. The standard InChI is InChI=1S/C17H18N6O2S/c1-23(2)16-20-13(21-17(22-16)25-3)9-18-14(24)15-19-12(10-26-15)11-7-5-4-6-8-11/h4-8,10H,9H2,1-3H3,(H,18,24). The molecule has 1 amide bonds. The number of nitrogens with one attached hydrogen (secondary N) is 1. The van der Waals surface area contributed by atoms with E-state index in [0.717, 1.165) is 11.3 Å². The van der Waals surface area contributed by atoms with E-state index in [-0.39, 0.29) is 18.5 Å². The molecule has 0 radical (unpaired) electrons. The summed E-state index contributed by atoms with van der Waals surface area (Å²) < 4.78 is 5.08. The quantitative estimate of drug-likeness (QED) is 0.709. The van der Waals surface area contributed by atoms with Crippen molar-refractivity contribution in [2.24, 2.45) is 0 Å². The predicted molar refractivity (Wildman–Crippen MR) is 99.4 cm³/mol. The Labute approximate surface area is 154 Å². The number of carbonyl (C=O) groups is 1. The van der Waals surface area contributed by atoms with Crippen LogP contribution in [-0.4, -0.2) is 47.0 Å². The van der Waals surface area contributed by atoms with E-state index in [2.05, 4.69) is 25.3 Å². The Hall–Kier alpha value is -3.07. The minimum absolute atomic E-state index is 0.152. The van der Waals surface area contributed by atoms with Crippen molar-refractivity contribution in [3.05, 3.63) is 46.5 Å². The van der Waals surface area contributed by atoms with Crippen LogP contribution in [0.5, 0.6) is 6.01 Å². The van der Waals surface area contributed by atoms with Gasteiger partial charge in [0.2, 0.25) is 5.95 Å². The van der Waals surface area contributed by atoms with Gasteiger partial charge in [-0.3, -0.25) is 4.79 Å². The molecule has 0 atom stereocenters. The molecule has 8 nitrogen and oxygen atoms in total. The number of hydrogen-bond donors (Lipinski definition) is 1. The molecule has 3 aromatic rings. The van der Waals surface area contributed by atoms with Crippen molar-refractivity contribution in [3.8, 4) is 17.3 Å². The molecule has 0 aliphatic rings. The molecule has 0 unspecified atom stereocenters. The second-order valence-corrected chi connectivity index (χ2v) is 6.38. The van der Waals surface area contributed by atoms with E-state index in [1.165, 1.54) is 18.4 Å². The number of carbonyl (C=O) groups excluding carboxylic acids is 1. The molecule has 1 aromatic carbocycles. The van der Waals surface area contributed by atoms with Crippen LogP contribution >= 0.6 is 11.3 Å². The Morgan fingerprint density at radius 1 is 1.15 bits per heavy atom. The number of amides is 1. The third kappa shape index (κ3) is 4.12. The number of ether oxygens (including phenoxy) is 1. The Morgan fingerprint density at radius 3 is 2.62 bits per heavy atom. The van der Waals surface area contributed by atoms with Crippen molar-refractivity contribution in [2.75, 3.05) is 26.1 Å². The van der Waals surface area contributed by atoms with E-state index < -0.39 is 0 Å². The van der Waals surface area contributed by atoms with Crippen LogP contribution in [0, 0.1) is 0 Å². The molecule has 1 N–H and O–H groups in total. The lowest BCUT2D eigenvalue weighted by Crippen LogP contribution is -2.25. The maximum Gasteiger partial charge on any atom is 0.321 e. The van der Waals surface area contributed by atoms with Gasteiger partial charge in [0.05, 0.1) is 19.3 Å². The normalized spacial score (nSPS) is 10.4. The fraction of sp³-hybridized carbons (Fsp3) is 0.235. The van der Waals surface area contributed by atoms with E-state index in [4.69, 9.17) is 4.74 Å². The number of aromatic nitrogens is 4. The zero-order valence-electron chi connectivity index (χ0n) is 14.6. The summed E-state index contributed by atoms with van der Waals surface area (Å²) in [7, 11) is 5.12. The molecule has 2 heterocycles. The van der Waals surface area contributed by atoms with Crippen molar-refractivity contribution in [2.45, 2.75) is 6.54 Å². The number of hydrogen-bond acceptors (Lipinski definition) is 8. The third-order valence-electron chi connectivity index (χ3n) is 3.41. The molecule has 134 valence electrons. The summed E-state index contributed by atoms with van der Waals surface area (Å²) in [5.41, 5.74) is 1.75. The number of rotatable bonds is 6. The molecule has 3 rings (SSSR count). The van der Waals surface area contributed by atoms with Gasteiger partial charge in [-0.15, -0.1) is 11.3 Å². The Balaban J connectivity index is 1.70. The van der Waals surface area contributed by atoms with E-state index in [1.807, 2.05) is 49.8 Å². The average molecular weight is 370 g/mol. The molecule has 26 heavy (non-hydrogen) atoms. The van der Waals surface area contributed by atoms with Gasteiger partial charge in [-0.1, -0.05) is 30.3 Å². The molecule has 0 bridgehead atoms. The zero-order chi connectivity index (χ0) is 18.5. The third-order valence-corrected chi connectivity index (χ3v) is 4.25. The summed E-state index contributed by atoms with van der Waals surface area (Å²) in [6, 6.07) is 9.92. The maximum atomic E-state index is 12.4. The van der Waals surface area contributed by atoms with Crippen LogP contribution in [0.25, 0.3) is 11.3 Å². The first-order chi connectivity index (χ1) is 12.6. The van der Waals surface area contributed by atoms with Crippen LogP contribution < -0.4 is 15.0 Å². The van der Waals surface area contributed by atoms with Crippen LogP contribution in [0.2, 0.25) is 0 Å². The van der Waals surface area contributed by atoms with Gasteiger partial charge in [-0.25, -0.2) is 4.98 Å². The number of anilines is 1. The summed E-state index contributed by atoms with van der Waals surface area (Å²) in [6.07, 6.45) is 0. The monoisotopic (exact) mass is 370 g/mol. The largest absolute Gasteiger partial charge is 0.467 e. The minimum Gasteiger partial charge on any atom is -0.467 e. The van der Waals surface area contributed by atoms with E-state index in [9.17, 15) is 4.79 Å². The van der Waals surface area contributed by atoms with E-state index in [1.54, 1.807) is 4.90 Å². The highest BCUT2D eigenvalue weighted by molar-refractivity contribution is 7.12. The molecule has 0 fully saturated rings. The first kappa shape index (κ1) is 17.7. The Morgan fingerprint density at radius 2 is 1.92 bits per heavy atom. The lowest BCUT2D eigenvalue weighted by Gasteiger charge is -2.12. The summed E-state index contributed by atoms with van der Waals surface area (Å²) in [5, 5.41) is 5.03. The van der Waals surface area contributed by atoms with Gasteiger partial charge in [0.1, 0.15) is 0 Å². The number of nitrogens with zero attached hydrogens (tertiary/aromatic N) is 5. The van der Waals surface area contributed by atoms with Gasteiger partial charge >= 0.3 is 6.01 Å². The fourth-order valence-corrected chi connectivity index (χ4v) is 2.85. The molecule has 0 saturated carbocycles. The smallest absolute Gasteiger partial charge is 0.321 e. The zero-order valence-corrected chi connectivity index (χ0v) is 15.4. The van der Waals surface area contributed by atoms with Gasteiger partial charge in [0, 0.05) is 25.0 Å². The summed E-state index contributed by atoms with van der Waals surface area (Å²) in [4.78, 5) is 31.1. The maximum absolute atomic E-state index is 12.4. The molecule has 0 saturated heterocycles. The van der Waals surface area contributed by atoms with Crippen molar-refractivity contribution < 1.29 is 9.53 Å². The van der Waals surface area contributed by atoms with Crippen LogP contribution in [0.3, 0.4) is 0 Å². The molecule has 9 heteroatoms. The van der Waals surface area contributed by atoms with Crippen molar-refractivity contribution in [1.29, 1.82) is 0 Å². The predicted octanol–water partition coefficient (Wildman–Crippen LogP) is 2.00.